The lowest BCUT2D eigenvalue weighted by Crippen LogP contribution is -2.36. The smallest absolute Gasteiger partial charge is 0.0991 e. The zero-order chi connectivity index (χ0) is 12.3. The van der Waals surface area contributed by atoms with Crippen molar-refractivity contribution in [1.29, 1.82) is 5.26 Å². The van der Waals surface area contributed by atoms with Gasteiger partial charge >= 0.3 is 0 Å². The van der Waals surface area contributed by atoms with E-state index in [4.69, 9.17) is 5.26 Å². The van der Waals surface area contributed by atoms with Crippen LogP contribution in [0.3, 0.4) is 0 Å². The number of likely N-dealkylation sites (N-methyl/N-ethyl adjacent to an activating group) is 1. The largest absolute Gasteiger partial charge is 0.383 e. The molecule has 1 aliphatic rings. The second-order valence-corrected chi connectivity index (χ2v) is 4.94. The number of hydrogen-bond donors (Lipinski definition) is 1. The van der Waals surface area contributed by atoms with Gasteiger partial charge in [-0.3, -0.25) is 0 Å². The molecule has 0 radical (unpaired) electrons. The molecule has 0 heterocycles. The molecule has 90 valence electrons. The SMILES string of the molecule is CN(C)C(CNc1ccc(C#N)cc1)C1CC1. The molecule has 1 aromatic carbocycles. The first-order valence-corrected chi connectivity index (χ1v) is 6.11. The fourth-order valence-corrected chi connectivity index (χ4v) is 2.14. The van der Waals surface area contributed by atoms with E-state index in [0.29, 0.717) is 11.6 Å². The molecule has 0 amide bonds. The molecule has 1 aliphatic carbocycles. The number of nitrogens with zero attached hydrogens (tertiary/aromatic N) is 2. The van der Waals surface area contributed by atoms with Crippen LogP contribution >= 0.6 is 0 Å². The topological polar surface area (TPSA) is 39.1 Å². The number of benzene rings is 1. The predicted molar refractivity (Wildman–Crippen MR) is 69.8 cm³/mol. The Morgan fingerprint density at radius 1 is 1.35 bits per heavy atom. The van der Waals surface area contributed by atoms with E-state index in [1.807, 2.05) is 24.3 Å². The van der Waals surface area contributed by atoms with Gasteiger partial charge in [-0.2, -0.15) is 5.26 Å². The second-order valence-electron chi connectivity index (χ2n) is 4.94. The molecule has 0 saturated heterocycles. The summed E-state index contributed by atoms with van der Waals surface area (Å²) in [4.78, 5) is 2.30. The minimum atomic E-state index is 0.616. The number of nitrogens with one attached hydrogen (secondary N) is 1. The lowest BCUT2D eigenvalue weighted by atomic mass is 10.1. The Balaban J connectivity index is 1.89. The van der Waals surface area contributed by atoms with E-state index in [0.717, 1.165) is 18.2 Å². The molecule has 1 aromatic rings. The van der Waals surface area contributed by atoms with Gasteiger partial charge in [0, 0.05) is 18.3 Å². The maximum absolute atomic E-state index is 8.72. The van der Waals surface area contributed by atoms with Gasteiger partial charge in [0.05, 0.1) is 11.6 Å². The van der Waals surface area contributed by atoms with Crippen molar-refractivity contribution >= 4 is 5.69 Å². The van der Waals surface area contributed by atoms with Crippen LogP contribution in [0.15, 0.2) is 24.3 Å². The third-order valence-corrected chi connectivity index (χ3v) is 3.36. The van der Waals surface area contributed by atoms with E-state index in [1.165, 1.54) is 12.8 Å². The van der Waals surface area contributed by atoms with Crippen molar-refractivity contribution in [3.8, 4) is 6.07 Å². The van der Waals surface area contributed by atoms with E-state index in [2.05, 4.69) is 30.4 Å². The van der Waals surface area contributed by atoms with Crippen LogP contribution in [0.4, 0.5) is 5.69 Å². The van der Waals surface area contributed by atoms with Gasteiger partial charge in [0.25, 0.3) is 0 Å². The Morgan fingerprint density at radius 2 is 2.00 bits per heavy atom. The van der Waals surface area contributed by atoms with Crippen molar-refractivity contribution in [2.75, 3.05) is 26.0 Å². The van der Waals surface area contributed by atoms with Crippen LogP contribution in [0.1, 0.15) is 18.4 Å². The summed E-state index contributed by atoms with van der Waals surface area (Å²) in [5, 5.41) is 12.2. The van der Waals surface area contributed by atoms with E-state index >= 15 is 0 Å². The highest BCUT2D eigenvalue weighted by Gasteiger charge is 2.32. The maximum Gasteiger partial charge on any atom is 0.0991 e. The van der Waals surface area contributed by atoms with Crippen LogP contribution in [0.25, 0.3) is 0 Å². The molecule has 1 atom stereocenters. The number of rotatable bonds is 5. The van der Waals surface area contributed by atoms with Gasteiger partial charge in [-0.25, -0.2) is 0 Å². The van der Waals surface area contributed by atoms with Crippen molar-refractivity contribution in [3.63, 3.8) is 0 Å². The molecule has 2 rings (SSSR count). The minimum absolute atomic E-state index is 0.616. The van der Waals surface area contributed by atoms with Gasteiger partial charge in [-0.15, -0.1) is 0 Å². The van der Waals surface area contributed by atoms with Crippen molar-refractivity contribution in [2.45, 2.75) is 18.9 Å². The summed E-state index contributed by atoms with van der Waals surface area (Å²) in [5.74, 6) is 0.857. The molecule has 0 aliphatic heterocycles. The van der Waals surface area contributed by atoms with Crippen molar-refractivity contribution < 1.29 is 0 Å². The number of hydrogen-bond acceptors (Lipinski definition) is 3. The van der Waals surface area contributed by atoms with Crippen LogP contribution in [-0.2, 0) is 0 Å². The highest BCUT2D eigenvalue weighted by Crippen LogP contribution is 2.34. The van der Waals surface area contributed by atoms with Crippen LogP contribution in [0.5, 0.6) is 0 Å². The summed E-state index contributed by atoms with van der Waals surface area (Å²) in [6.45, 7) is 0.976. The lowest BCUT2D eigenvalue weighted by molar-refractivity contribution is 0.276. The van der Waals surface area contributed by atoms with Crippen LogP contribution in [0.2, 0.25) is 0 Å². The molecular weight excluding hydrogens is 210 g/mol. The molecule has 0 bridgehead atoms. The van der Waals surface area contributed by atoms with Crippen molar-refractivity contribution in [3.05, 3.63) is 29.8 Å². The highest BCUT2D eigenvalue weighted by molar-refractivity contribution is 5.47. The molecule has 17 heavy (non-hydrogen) atoms. The molecule has 1 fully saturated rings. The van der Waals surface area contributed by atoms with E-state index in [1.54, 1.807) is 0 Å². The fraction of sp³-hybridized carbons (Fsp3) is 0.500. The fourth-order valence-electron chi connectivity index (χ4n) is 2.14. The zero-order valence-electron chi connectivity index (χ0n) is 10.5. The van der Waals surface area contributed by atoms with E-state index < -0.39 is 0 Å². The normalized spacial score (nSPS) is 16.6. The van der Waals surface area contributed by atoms with Crippen LogP contribution in [-0.4, -0.2) is 31.6 Å². The molecule has 1 saturated carbocycles. The first-order chi connectivity index (χ1) is 8.20. The van der Waals surface area contributed by atoms with Crippen LogP contribution < -0.4 is 5.32 Å². The standard InChI is InChI=1S/C14H19N3/c1-17(2)14(12-5-6-12)10-16-13-7-3-11(9-15)4-8-13/h3-4,7-8,12,14,16H,5-6,10H2,1-2H3. The third-order valence-electron chi connectivity index (χ3n) is 3.36. The Kier molecular flexibility index (Phi) is 3.65. The van der Waals surface area contributed by atoms with Gasteiger partial charge in [0.1, 0.15) is 0 Å². The Hall–Kier alpha value is -1.53. The summed E-state index contributed by atoms with van der Waals surface area (Å²) in [6, 6.07) is 10.4. The molecule has 0 spiro atoms. The van der Waals surface area contributed by atoms with Gasteiger partial charge in [0.15, 0.2) is 0 Å². The number of anilines is 1. The Morgan fingerprint density at radius 3 is 2.47 bits per heavy atom. The average molecular weight is 229 g/mol. The third kappa shape index (κ3) is 3.21. The highest BCUT2D eigenvalue weighted by atomic mass is 15.1. The molecule has 1 unspecified atom stereocenters. The minimum Gasteiger partial charge on any atom is -0.383 e. The quantitative estimate of drug-likeness (QED) is 0.842. The van der Waals surface area contributed by atoms with E-state index in [-0.39, 0.29) is 0 Å². The lowest BCUT2D eigenvalue weighted by Gasteiger charge is -2.24. The number of nitriles is 1. The summed E-state index contributed by atoms with van der Waals surface area (Å²) in [5.41, 5.74) is 1.80. The summed E-state index contributed by atoms with van der Waals surface area (Å²) in [7, 11) is 4.28. The first-order valence-electron chi connectivity index (χ1n) is 6.11. The summed E-state index contributed by atoms with van der Waals surface area (Å²) in [6.07, 6.45) is 2.72. The summed E-state index contributed by atoms with van der Waals surface area (Å²) < 4.78 is 0. The van der Waals surface area contributed by atoms with Gasteiger partial charge in [0.2, 0.25) is 0 Å². The average Bonchev–Trinajstić information content (AvgIpc) is 3.14. The molecule has 3 heteroatoms. The van der Waals surface area contributed by atoms with Gasteiger partial charge in [-0.05, 0) is 57.1 Å². The molecular formula is C14H19N3. The van der Waals surface area contributed by atoms with Crippen LogP contribution in [0, 0.1) is 17.2 Å². The van der Waals surface area contributed by atoms with Gasteiger partial charge < -0.3 is 10.2 Å². The second kappa shape index (κ2) is 5.20. The molecule has 1 N–H and O–H groups in total. The Labute approximate surface area is 103 Å². The zero-order valence-corrected chi connectivity index (χ0v) is 10.5. The van der Waals surface area contributed by atoms with Crippen molar-refractivity contribution in [2.24, 2.45) is 5.92 Å². The molecule has 3 nitrogen and oxygen atoms in total. The predicted octanol–water partition coefficient (Wildman–Crippen LogP) is 2.31. The Bertz CT molecular complexity index is 396. The summed E-state index contributed by atoms with van der Waals surface area (Å²) >= 11 is 0. The first kappa shape index (κ1) is 11.9. The van der Waals surface area contributed by atoms with Crippen molar-refractivity contribution in [1.82, 2.24) is 4.90 Å². The monoisotopic (exact) mass is 229 g/mol. The van der Waals surface area contributed by atoms with E-state index in [9.17, 15) is 0 Å². The maximum atomic E-state index is 8.72. The molecule has 0 aromatic heterocycles. The van der Waals surface area contributed by atoms with Gasteiger partial charge in [-0.1, -0.05) is 0 Å².